The third kappa shape index (κ3) is 7.48. The number of thioether (sulfide) groups is 1. The minimum Gasteiger partial charge on any atom is -0.490 e. The van der Waals surface area contributed by atoms with E-state index in [-0.39, 0.29) is 6.61 Å². The van der Waals surface area contributed by atoms with E-state index in [2.05, 4.69) is 5.32 Å². The van der Waals surface area contributed by atoms with Crippen LogP contribution in [0.5, 0.6) is 11.5 Å². The summed E-state index contributed by atoms with van der Waals surface area (Å²) in [6.45, 7) is 4.68. The lowest BCUT2D eigenvalue weighted by Crippen LogP contribution is -2.20. The molecule has 0 saturated heterocycles. The zero-order chi connectivity index (χ0) is 21.8. The number of hydrogen-bond donors (Lipinski definition) is 1. The molecule has 1 amide bonds. The van der Waals surface area contributed by atoms with Gasteiger partial charge in [0.25, 0.3) is 5.91 Å². The number of para-hydroxylation sites is 1. The quantitative estimate of drug-likeness (QED) is 0.314. The van der Waals surface area contributed by atoms with E-state index in [1.165, 1.54) is 17.8 Å². The van der Waals surface area contributed by atoms with Crippen LogP contribution >= 0.6 is 11.8 Å². The molecule has 2 rings (SSSR count). The number of amides is 1. The van der Waals surface area contributed by atoms with Gasteiger partial charge in [-0.05, 0) is 55.5 Å². The van der Waals surface area contributed by atoms with E-state index in [0.717, 1.165) is 16.9 Å². The fourth-order valence-electron chi connectivity index (χ4n) is 2.51. The summed E-state index contributed by atoms with van der Waals surface area (Å²) in [4.78, 5) is 25.0. The normalized spacial score (nSPS) is 10.6. The van der Waals surface area contributed by atoms with Crippen LogP contribution in [0.2, 0.25) is 0 Å². The molecule has 6 nitrogen and oxygen atoms in total. The van der Waals surface area contributed by atoms with Crippen molar-refractivity contribution in [3.63, 3.8) is 0 Å². The number of esters is 1. The molecule has 7 heteroatoms. The van der Waals surface area contributed by atoms with Crippen molar-refractivity contribution in [2.24, 2.45) is 0 Å². The highest BCUT2D eigenvalue weighted by Crippen LogP contribution is 2.29. The van der Waals surface area contributed by atoms with Gasteiger partial charge in [-0.25, -0.2) is 4.79 Å². The number of hydrogen-bond acceptors (Lipinski definition) is 6. The van der Waals surface area contributed by atoms with Gasteiger partial charge in [0.05, 0.1) is 18.9 Å². The molecule has 2 aromatic rings. The Morgan fingerprint density at radius 2 is 1.87 bits per heavy atom. The molecule has 0 fully saturated rings. The molecule has 0 spiro atoms. The van der Waals surface area contributed by atoms with E-state index in [1.807, 2.05) is 50.4 Å². The first kappa shape index (κ1) is 23.3. The molecule has 0 aliphatic heterocycles. The highest BCUT2D eigenvalue weighted by molar-refractivity contribution is 7.98. The van der Waals surface area contributed by atoms with Gasteiger partial charge in [-0.3, -0.25) is 4.79 Å². The lowest BCUT2D eigenvalue weighted by atomic mass is 10.2. The minimum atomic E-state index is -0.604. The molecule has 160 valence electrons. The molecule has 0 unspecified atom stereocenters. The number of benzene rings is 2. The van der Waals surface area contributed by atoms with Gasteiger partial charge in [0.1, 0.15) is 0 Å². The Morgan fingerprint density at radius 3 is 2.60 bits per heavy atom. The number of ether oxygens (including phenoxy) is 3. The second-order valence-corrected chi connectivity index (χ2v) is 7.03. The van der Waals surface area contributed by atoms with Crippen molar-refractivity contribution in [3.8, 4) is 11.5 Å². The van der Waals surface area contributed by atoms with E-state index in [4.69, 9.17) is 14.2 Å². The average Bonchev–Trinajstić information content (AvgIpc) is 2.76. The Kier molecular flexibility index (Phi) is 9.80. The van der Waals surface area contributed by atoms with Crippen LogP contribution in [0.25, 0.3) is 6.08 Å². The number of nitrogens with one attached hydrogen (secondary N) is 1. The molecule has 0 aromatic heterocycles. The van der Waals surface area contributed by atoms with Crippen molar-refractivity contribution in [3.05, 3.63) is 54.1 Å². The van der Waals surface area contributed by atoms with Crippen LogP contribution in [0.1, 0.15) is 25.8 Å². The number of carbonyl (C=O) groups is 2. The van der Waals surface area contributed by atoms with Gasteiger partial charge in [-0.15, -0.1) is 11.8 Å². The van der Waals surface area contributed by atoms with E-state index >= 15 is 0 Å². The number of anilines is 1. The number of rotatable bonds is 11. The molecule has 2 aromatic carbocycles. The SMILES string of the molecule is CCCOc1ccc(/C=C/C(=O)OCC(=O)Nc2ccccc2SC)cc1OCC. The molecule has 0 saturated carbocycles. The summed E-state index contributed by atoms with van der Waals surface area (Å²) in [5.41, 5.74) is 1.45. The van der Waals surface area contributed by atoms with E-state index in [9.17, 15) is 9.59 Å². The maximum Gasteiger partial charge on any atom is 0.331 e. The highest BCUT2D eigenvalue weighted by atomic mass is 32.2. The van der Waals surface area contributed by atoms with Crippen LogP contribution in [0, 0.1) is 0 Å². The van der Waals surface area contributed by atoms with Crippen LogP contribution in [-0.4, -0.2) is 38.0 Å². The molecular formula is C23H27NO5S. The Hall–Kier alpha value is -2.93. The lowest BCUT2D eigenvalue weighted by molar-refractivity contribution is -0.142. The Labute approximate surface area is 181 Å². The predicted molar refractivity (Wildman–Crippen MR) is 120 cm³/mol. The van der Waals surface area contributed by atoms with Crippen molar-refractivity contribution < 1.29 is 23.8 Å². The molecule has 0 heterocycles. The number of carbonyl (C=O) groups excluding carboxylic acids is 2. The summed E-state index contributed by atoms with van der Waals surface area (Å²) in [7, 11) is 0. The third-order valence-corrected chi connectivity index (χ3v) is 4.66. The summed E-state index contributed by atoms with van der Waals surface area (Å²) in [6.07, 6.45) is 5.71. The summed E-state index contributed by atoms with van der Waals surface area (Å²) in [5, 5.41) is 2.74. The molecule has 1 N–H and O–H groups in total. The Morgan fingerprint density at radius 1 is 1.07 bits per heavy atom. The summed E-state index contributed by atoms with van der Waals surface area (Å²) in [5.74, 6) is 0.288. The Balaban J connectivity index is 1.90. The van der Waals surface area contributed by atoms with Crippen molar-refractivity contribution in [2.45, 2.75) is 25.2 Å². The summed E-state index contributed by atoms with van der Waals surface area (Å²) < 4.78 is 16.3. The van der Waals surface area contributed by atoms with Crippen LogP contribution < -0.4 is 14.8 Å². The van der Waals surface area contributed by atoms with Crippen molar-refractivity contribution in [2.75, 3.05) is 31.4 Å². The fourth-order valence-corrected chi connectivity index (χ4v) is 3.06. The maximum absolute atomic E-state index is 12.0. The Bertz CT molecular complexity index is 882. The van der Waals surface area contributed by atoms with Gasteiger partial charge < -0.3 is 19.5 Å². The maximum atomic E-state index is 12.0. The second kappa shape index (κ2) is 12.6. The first-order chi connectivity index (χ1) is 14.6. The van der Waals surface area contributed by atoms with E-state index in [0.29, 0.717) is 30.4 Å². The summed E-state index contributed by atoms with van der Waals surface area (Å²) in [6, 6.07) is 12.9. The lowest BCUT2D eigenvalue weighted by Gasteiger charge is -2.12. The van der Waals surface area contributed by atoms with Crippen molar-refractivity contribution >= 4 is 35.4 Å². The van der Waals surface area contributed by atoms with Gasteiger partial charge in [0.15, 0.2) is 18.1 Å². The smallest absolute Gasteiger partial charge is 0.331 e. The van der Waals surface area contributed by atoms with Crippen molar-refractivity contribution in [1.29, 1.82) is 0 Å². The fraction of sp³-hybridized carbons (Fsp3) is 0.304. The molecule has 30 heavy (non-hydrogen) atoms. The van der Waals surface area contributed by atoms with Gasteiger partial charge in [0.2, 0.25) is 0 Å². The minimum absolute atomic E-state index is 0.361. The topological polar surface area (TPSA) is 73.9 Å². The molecule has 0 atom stereocenters. The largest absolute Gasteiger partial charge is 0.490 e. The first-order valence-electron chi connectivity index (χ1n) is 9.74. The zero-order valence-electron chi connectivity index (χ0n) is 17.5. The van der Waals surface area contributed by atoms with Crippen LogP contribution in [0.3, 0.4) is 0 Å². The standard InChI is InChI=1S/C23H27NO5S/c1-4-14-28-19-12-10-17(15-20(19)27-5-2)11-13-23(26)29-16-22(25)24-18-8-6-7-9-21(18)30-3/h6-13,15H,4-5,14,16H2,1-3H3,(H,24,25)/b13-11+. The second-order valence-electron chi connectivity index (χ2n) is 6.18. The van der Waals surface area contributed by atoms with Gasteiger partial charge in [0, 0.05) is 11.0 Å². The molecule has 0 aliphatic carbocycles. The van der Waals surface area contributed by atoms with Crippen LogP contribution in [-0.2, 0) is 14.3 Å². The highest BCUT2D eigenvalue weighted by Gasteiger charge is 2.09. The van der Waals surface area contributed by atoms with E-state index in [1.54, 1.807) is 18.2 Å². The third-order valence-electron chi connectivity index (χ3n) is 3.87. The molecule has 0 bridgehead atoms. The zero-order valence-corrected chi connectivity index (χ0v) is 18.3. The molecular weight excluding hydrogens is 402 g/mol. The van der Waals surface area contributed by atoms with Gasteiger partial charge in [-0.1, -0.05) is 25.1 Å². The van der Waals surface area contributed by atoms with Crippen molar-refractivity contribution in [1.82, 2.24) is 0 Å². The predicted octanol–water partition coefficient (Wildman–Crippen LogP) is 4.79. The van der Waals surface area contributed by atoms with Crippen LogP contribution in [0.15, 0.2) is 53.4 Å². The molecule has 0 aliphatic rings. The molecule has 0 radical (unpaired) electrons. The average molecular weight is 430 g/mol. The van der Waals surface area contributed by atoms with E-state index < -0.39 is 11.9 Å². The summed E-state index contributed by atoms with van der Waals surface area (Å²) >= 11 is 1.52. The monoisotopic (exact) mass is 429 g/mol. The van der Waals surface area contributed by atoms with Gasteiger partial charge >= 0.3 is 5.97 Å². The van der Waals surface area contributed by atoms with Crippen LogP contribution in [0.4, 0.5) is 5.69 Å². The first-order valence-corrected chi connectivity index (χ1v) is 11.0. The van der Waals surface area contributed by atoms with Gasteiger partial charge in [-0.2, -0.15) is 0 Å².